The van der Waals surface area contributed by atoms with E-state index < -0.39 is 15.5 Å². The molecule has 3 rings (SSSR count). The second-order valence-electron chi connectivity index (χ2n) is 6.99. The van der Waals surface area contributed by atoms with E-state index in [4.69, 9.17) is 23.2 Å². The lowest BCUT2D eigenvalue weighted by molar-refractivity contribution is -0.687. The second kappa shape index (κ2) is 11.2. The number of benzene rings is 2. The number of aryl methyl sites for hydroxylation is 2. The number of aromatic nitrogens is 1. The summed E-state index contributed by atoms with van der Waals surface area (Å²) in [6.45, 7) is 4.27. The van der Waals surface area contributed by atoms with E-state index in [1.165, 1.54) is 12.1 Å². The summed E-state index contributed by atoms with van der Waals surface area (Å²) in [5, 5.41) is 27.5. The average molecular weight is 555 g/mol. The first kappa shape index (κ1) is 26.2. The minimum absolute atomic E-state index is 0. The van der Waals surface area contributed by atoms with E-state index in [9.17, 15) is 20.2 Å². The Morgan fingerprint density at radius 2 is 1.73 bits per heavy atom. The monoisotopic (exact) mass is 553 g/mol. The van der Waals surface area contributed by atoms with Gasteiger partial charge in [0.15, 0.2) is 18.4 Å². The third-order valence-electron chi connectivity index (χ3n) is 4.68. The molecule has 0 amide bonds. The van der Waals surface area contributed by atoms with Crippen LogP contribution in [0.2, 0.25) is 10.0 Å². The van der Waals surface area contributed by atoms with Crippen molar-refractivity contribution in [3.05, 3.63) is 102 Å². The number of nitrogens with one attached hydrogen (secondary N) is 1. The molecule has 0 saturated heterocycles. The standard InChI is InChI=1S/C21H18Cl2N5O4.BrH/c1-13-7-8-26(14(2)9-13)12-20(15-3-5-17(22)18(23)10-15)25-24-19-6-4-16(27(29)30)11-21(19)28(31)32;/h3-11,24H,12H2,1-2H3;1H/q+1;/p-1/b25-20-;. The SMILES string of the molecule is Cc1cc[n+](C/C(=N/Nc2ccc([N+](=O)[O-])cc2[N+](=O)[O-])c2ccc(Cl)c(Cl)c2)c(C)c1.[Br-]. The minimum Gasteiger partial charge on any atom is -1.00 e. The van der Waals surface area contributed by atoms with Gasteiger partial charge < -0.3 is 17.0 Å². The molecule has 0 spiro atoms. The molecule has 1 heterocycles. The number of hydrazone groups is 1. The van der Waals surface area contributed by atoms with E-state index in [0.717, 1.165) is 17.3 Å². The smallest absolute Gasteiger partial charge is 0.301 e. The van der Waals surface area contributed by atoms with Crippen molar-refractivity contribution in [2.75, 3.05) is 5.43 Å². The molecule has 0 radical (unpaired) electrons. The van der Waals surface area contributed by atoms with Gasteiger partial charge in [-0.15, -0.1) is 0 Å². The molecule has 0 unspecified atom stereocenters. The fourth-order valence-corrected chi connectivity index (χ4v) is 3.30. The Morgan fingerprint density at radius 3 is 2.33 bits per heavy atom. The van der Waals surface area contributed by atoms with Crippen molar-refractivity contribution in [3.8, 4) is 0 Å². The Bertz CT molecular complexity index is 1250. The maximum atomic E-state index is 11.4. The topological polar surface area (TPSA) is 115 Å². The molecule has 0 bridgehead atoms. The molecule has 33 heavy (non-hydrogen) atoms. The van der Waals surface area contributed by atoms with Gasteiger partial charge in [0.1, 0.15) is 11.4 Å². The van der Waals surface area contributed by atoms with Gasteiger partial charge in [0, 0.05) is 30.7 Å². The van der Waals surface area contributed by atoms with Crippen LogP contribution in [0, 0.1) is 34.1 Å². The molecule has 1 N–H and O–H groups in total. The maximum Gasteiger partial charge on any atom is 0.301 e. The van der Waals surface area contributed by atoms with E-state index in [2.05, 4.69) is 10.5 Å². The first-order valence-corrected chi connectivity index (χ1v) is 10.1. The molecule has 0 aliphatic heterocycles. The minimum atomic E-state index is -0.706. The van der Waals surface area contributed by atoms with Crippen LogP contribution < -0.4 is 27.0 Å². The average Bonchev–Trinajstić information content (AvgIpc) is 2.74. The molecule has 0 saturated carbocycles. The van der Waals surface area contributed by atoms with Crippen molar-refractivity contribution < 1.29 is 31.4 Å². The highest BCUT2D eigenvalue weighted by Crippen LogP contribution is 2.29. The highest BCUT2D eigenvalue weighted by Gasteiger charge is 2.20. The molecule has 2 aromatic carbocycles. The Kier molecular flexibility index (Phi) is 8.86. The van der Waals surface area contributed by atoms with Crippen LogP contribution in [0.15, 0.2) is 59.8 Å². The quantitative estimate of drug-likeness (QED) is 0.208. The van der Waals surface area contributed by atoms with Crippen LogP contribution in [-0.2, 0) is 6.54 Å². The van der Waals surface area contributed by atoms with Crippen molar-refractivity contribution in [2.24, 2.45) is 5.10 Å². The molecular weight excluding hydrogens is 537 g/mol. The van der Waals surface area contributed by atoms with Gasteiger partial charge in [-0.2, -0.15) is 9.67 Å². The van der Waals surface area contributed by atoms with Crippen LogP contribution in [0.25, 0.3) is 0 Å². The summed E-state index contributed by atoms with van der Waals surface area (Å²) >= 11 is 12.2. The largest absolute Gasteiger partial charge is 1.00 e. The number of hydrogen-bond donors (Lipinski definition) is 1. The molecule has 3 aromatic rings. The zero-order valence-electron chi connectivity index (χ0n) is 17.5. The Hall–Kier alpha value is -3.08. The number of nitro benzene ring substituents is 2. The fourth-order valence-electron chi connectivity index (χ4n) is 3.00. The van der Waals surface area contributed by atoms with E-state index in [-0.39, 0.29) is 28.4 Å². The normalized spacial score (nSPS) is 11.0. The summed E-state index contributed by atoms with van der Waals surface area (Å²) in [6.07, 6.45) is 1.91. The van der Waals surface area contributed by atoms with Gasteiger partial charge >= 0.3 is 5.69 Å². The lowest BCUT2D eigenvalue weighted by atomic mass is 10.1. The second-order valence-corrected chi connectivity index (χ2v) is 7.80. The van der Waals surface area contributed by atoms with Crippen LogP contribution in [0.4, 0.5) is 17.1 Å². The van der Waals surface area contributed by atoms with Gasteiger partial charge in [-0.3, -0.25) is 25.7 Å². The van der Waals surface area contributed by atoms with Crippen molar-refractivity contribution in [1.29, 1.82) is 0 Å². The molecule has 0 aliphatic rings. The van der Waals surface area contributed by atoms with E-state index in [0.29, 0.717) is 27.9 Å². The van der Waals surface area contributed by atoms with Crippen LogP contribution in [0.3, 0.4) is 0 Å². The highest BCUT2D eigenvalue weighted by atomic mass is 79.9. The molecule has 1 aromatic heterocycles. The van der Waals surface area contributed by atoms with Gasteiger partial charge in [-0.25, -0.2) is 0 Å². The molecule has 0 atom stereocenters. The van der Waals surface area contributed by atoms with Crippen molar-refractivity contribution in [1.82, 2.24) is 0 Å². The lowest BCUT2D eigenvalue weighted by Gasteiger charge is -2.09. The van der Waals surface area contributed by atoms with E-state index in [1.54, 1.807) is 18.2 Å². The number of rotatable bonds is 7. The van der Waals surface area contributed by atoms with Crippen LogP contribution >= 0.6 is 23.2 Å². The summed E-state index contributed by atoms with van der Waals surface area (Å²) in [5.41, 5.74) is 5.11. The summed E-state index contributed by atoms with van der Waals surface area (Å²) in [5.74, 6) is 0. The van der Waals surface area contributed by atoms with Gasteiger partial charge in [0.25, 0.3) is 5.69 Å². The summed E-state index contributed by atoms with van der Waals surface area (Å²) < 4.78 is 1.96. The molecular formula is C21H18BrCl2N5O4. The van der Waals surface area contributed by atoms with Crippen molar-refractivity contribution in [3.63, 3.8) is 0 Å². The molecule has 172 valence electrons. The molecule has 12 heteroatoms. The fraction of sp³-hybridized carbons (Fsp3) is 0.143. The predicted octanol–water partition coefficient (Wildman–Crippen LogP) is 2.23. The zero-order chi connectivity index (χ0) is 23.4. The molecule has 0 aliphatic carbocycles. The van der Waals surface area contributed by atoms with Crippen LogP contribution in [0.1, 0.15) is 16.8 Å². The van der Waals surface area contributed by atoms with Crippen molar-refractivity contribution in [2.45, 2.75) is 20.4 Å². The Labute approximate surface area is 209 Å². The number of nitrogens with zero attached hydrogens (tertiary/aromatic N) is 4. The first-order valence-electron chi connectivity index (χ1n) is 9.33. The lowest BCUT2D eigenvalue weighted by Crippen LogP contribution is -3.00. The first-order chi connectivity index (χ1) is 15.2. The third kappa shape index (κ3) is 6.47. The van der Waals surface area contributed by atoms with Crippen molar-refractivity contribution >= 4 is 46.0 Å². The number of non-ortho nitro benzene ring substituents is 1. The van der Waals surface area contributed by atoms with Gasteiger partial charge in [0.05, 0.1) is 26.0 Å². The summed E-state index contributed by atoms with van der Waals surface area (Å²) in [4.78, 5) is 21.0. The summed E-state index contributed by atoms with van der Waals surface area (Å²) in [6, 6.07) is 12.3. The number of hydrogen-bond acceptors (Lipinski definition) is 6. The number of nitro groups is 2. The van der Waals surface area contributed by atoms with Gasteiger partial charge in [-0.05, 0) is 30.7 Å². The van der Waals surface area contributed by atoms with E-state index >= 15 is 0 Å². The number of halogens is 3. The maximum absolute atomic E-state index is 11.4. The number of anilines is 1. The molecule has 9 nitrogen and oxygen atoms in total. The van der Waals surface area contributed by atoms with Crippen LogP contribution in [-0.4, -0.2) is 15.6 Å². The molecule has 0 fully saturated rings. The highest BCUT2D eigenvalue weighted by molar-refractivity contribution is 6.42. The van der Waals surface area contributed by atoms with Gasteiger partial charge in [0.2, 0.25) is 0 Å². The third-order valence-corrected chi connectivity index (χ3v) is 5.42. The predicted molar refractivity (Wildman–Crippen MR) is 122 cm³/mol. The van der Waals surface area contributed by atoms with Gasteiger partial charge in [-0.1, -0.05) is 29.3 Å². The van der Waals surface area contributed by atoms with Crippen LogP contribution in [0.5, 0.6) is 0 Å². The summed E-state index contributed by atoms with van der Waals surface area (Å²) in [7, 11) is 0. The Balaban J connectivity index is 0.00000385. The van der Waals surface area contributed by atoms with E-state index in [1.807, 2.05) is 36.7 Å². The Morgan fingerprint density at radius 1 is 1.00 bits per heavy atom. The number of pyridine rings is 1. The zero-order valence-corrected chi connectivity index (χ0v) is 20.6.